The number of aryl methyl sites for hydroxylation is 1. The molecule has 0 aliphatic carbocycles. The normalized spacial score (nSPS) is 10.7. The summed E-state index contributed by atoms with van der Waals surface area (Å²) in [4.78, 5) is 38.8. The van der Waals surface area contributed by atoms with E-state index < -0.39 is 16.6 Å². The first-order valence-corrected chi connectivity index (χ1v) is 8.22. The van der Waals surface area contributed by atoms with Crippen LogP contribution in [0.3, 0.4) is 0 Å². The second-order valence-corrected chi connectivity index (χ2v) is 5.97. The maximum atomic E-state index is 12.9. The number of benzene rings is 2. The summed E-state index contributed by atoms with van der Waals surface area (Å²) in [7, 11) is 0. The van der Waals surface area contributed by atoms with Crippen LogP contribution in [0.5, 0.6) is 0 Å². The molecule has 2 aromatic carbocycles. The molecule has 3 aromatic rings. The topological polar surface area (TPSA) is 128 Å². The molecular weight excluding hydrogens is 350 g/mol. The summed E-state index contributed by atoms with van der Waals surface area (Å²) in [5.41, 5.74) is 7.15. The SMILES string of the molecule is CCOC(=O)c1c([N+](=O)[O-])ccc2[nH]c(C(=O)c3cccc(C)c3)c(N)c12. The van der Waals surface area contributed by atoms with Gasteiger partial charge >= 0.3 is 5.97 Å². The van der Waals surface area contributed by atoms with E-state index >= 15 is 0 Å². The van der Waals surface area contributed by atoms with Crippen molar-refractivity contribution in [2.75, 3.05) is 12.3 Å². The maximum absolute atomic E-state index is 12.9. The largest absolute Gasteiger partial charge is 0.462 e. The molecule has 0 bridgehead atoms. The summed E-state index contributed by atoms with van der Waals surface area (Å²) in [5, 5.41) is 11.5. The molecule has 0 atom stereocenters. The number of carbonyl (C=O) groups is 2. The molecule has 8 heteroatoms. The minimum atomic E-state index is -0.866. The molecule has 0 saturated carbocycles. The number of nitrogens with one attached hydrogen (secondary N) is 1. The third kappa shape index (κ3) is 3.12. The number of anilines is 1. The van der Waals surface area contributed by atoms with Crippen molar-refractivity contribution in [3.05, 3.63) is 68.9 Å². The Morgan fingerprint density at radius 2 is 2.00 bits per heavy atom. The molecule has 0 radical (unpaired) electrons. The minimum Gasteiger partial charge on any atom is -0.462 e. The molecule has 1 aromatic heterocycles. The number of ether oxygens (including phenoxy) is 1. The molecular formula is C19H17N3O5. The van der Waals surface area contributed by atoms with Crippen LogP contribution in [-0.4, -0.2) is 28.3 Å². The summed E-state index contributed by atoms with van der Waals surface area (Å²) in [6, 6.07) is 9.56. The highest BCUT2D eigenvalue weighted by Crippen LogP contribution is 2.35. The Kier molecular flexibility index (Phi) is 4.64. The van der Waals surface area contributed by atoms with Gasteiger partial charge in [0.1, 0.15) is 11.3 Å². The van der Waals surface area contributed by atoms with Gasteiger partial charge in [-0.1, -0.05) is 23.8 Å². The van der Waals surface area contributed by atoms with Crippen molar-refractivity contribution in [2.24, 2.45) is 0 Å². The number of nitrogens with zero attached hydrogens (tertiary/aromatic N) is 1. The third-order valence-corrected chi connectivity index (χ3v) is 4.17. The molecule has 8 nitrogen and oxygen atoms in total. The van der Waals surface area contributed by atoms with Crippen LogP contribution in [0.15, 0.2) is 36.4 Å². The Morgan fingerprint density at radius 1 is 1.26 bits per heavy atom. The monoisotopic (exact) mass is 367 g/mol. The number of ketones is 1. The van der Waals surface area contributed by atoms with E-state index in [0.29, 0.717) is 11.1 Å². The van der Waals surface area contributed by atoms with Crippen LogP contribution in [0, 0.1) is 17.0 Å². The highest BCUT2D eigenvalue weighted by molar-refractivity contribution is 6.20. The number of rotatable bonds is 5. The molecule has 0 unspecified atom stereocenters. The van der Waals surface area contributed by atoms with Crippen molar-refractivity contribution in [3.63, 3.8) is 0 Å². The lowest BCUT2D eigenvalue weighted by atomic mass is 10.0. The lowest BCUT2D eigenvalue weighted by Gasteiger charge is -2.05. The Balaban J connectivity index is 2.25. The number of nitrogen functional groups attached to an aromatic ring is 1. The van der Waals surface area contributed by atoms with Crippen molar-refractivity contribution in [3.8, 4) is 0 Å². The highest BCUT2D eigenvalue weighted by Gasteiger charge is 2.29. The van der Waals surface area contributed by atoms with E-state index in [2.05, 4.69) is 4.98 Å². The van der Waals surface area contributed by atoms with Crippen LogP contribution in [0.4, 0.5) is 11.4 Å². The molecule has 27 heavy (non-hydrogen) atoms. The first kappa shape index (κ1) is 18.1. The van der Waals surface area contributed by atoms with Gasteiger partial charge in [0.05, 0.1) is 17.2 Å². The zero-order chi connectivity index (χ0) is 19.7. The zero-order valence-electron chi connectivity index (χ0n) is 14.7. The summed E-state index contributed by atoms with van der Waals surface area (Å²) >= 11 is 0. The van der Waals surface area contributed by atoms with Crippen LogP contribution in [0.1, 0.15) is 38.9 Å². The third-order valence-electron chi connectivity index (χ3n) is 4.17. The van der Waals surface area contributed by atoms with Gasteiger partial charge in [0.15, 0.2) is 0 Å². The number of hydrogen-bond acceptors (Lipinski definition) is 6. The minimum absolute atomic E-state index is 0.0248. The van der Waals surface area contributed by atoms with Crippen LogP contribution >= 0.6 is 0 Å². The van der Waals surface area contributed by atoms with Gasteiger partial charge in [0.2, 0.25) is 5.78 Å². The molecule has 0 aliphatic rings. The number of nitro benzene ring substituents is 1. The lowest BCUT2D eigenvalue weighted by molar-refractivity contribution is -0.385. The molecule has 0 spiro atoms. The van der Waals surface area contributed by atoms with E-state index in [1.807, 2.05) is 13.0 Å². The number of hydrogen-bond donors (Lipinski definition) is 2. The van der Waals surface area contributed by atoms with Crippen molar-refractivity contribution >= 4 is 34.0 Å². The fourth-order valence-corrected chi connectivity index (χ4v) is 2.97. The lowest BCUT2D eigenvalue weighted by Crippen LogP contribution is -2.09. The number of H-pyrrole nitrogens is 1. The van der Waals surface area contributed by atoms with Crippen LogP contribution in [-0.2, 0) is 4.74 Å². The maximum Gasteiger partial charge on any atom is 0.345 e. The van der Waals surface area contributed by atoms with E-state index in [4.69, 9.17) is 10.5 Å². The number of nitro groups is 1. The first-order valence-electron chi connectivity index (χ1n) is 8.22. The quantitative estimate of drug-likeness (QED) is 0.308. The number of esters is 1. The van der Waals surface area contributed by atoms with E-state index in [-0.39, 0.29) is 34.7 Å². The van der Waals surface area contributed by atoms with Gasteiger partial charge in [-0.15, -0.1) is 0 Å². The molecule has 0 aliphatic heterocycles. The van der Waals surface area contributed by atoms with Crippen LogP contribution in [0.2, 0.25) is 0 Å². The van der Waals surface area contributed by atoms with Gasteiger partial charge in [-0.2, -0.15) is 0 Å². The van der Waals surface area contributed by atoms with Crippen molar-refractivity contribution in [1.82, 2.24) is 4.98 Å². The standard InChI is InChI=1S/C19H17N3O5/c1-3-27-19(24)15-13(22(25)26)8-7-12-14(15)16(20)17(21-12)18(23)11-6-4-5-10(2)9-11/h4-9,21H,3,20H2,1-2H3. The molecule has 3 N–H and O–H groups in total. The number of nitrogens with two attached hydrogens (primary N) is 1. The van der Waals surface area contributed by atoms with Gasteiger partial charge in [0, 0.05) is 22.5 Å². The molecule has 0 saturated heterocycles. The number of carbonyl (C=O) groups excluding carboxylic acids is 2. The zero-order valence-corrected chi connectivity index (χ0v) is 14.7. The average molecular weight is 367 g/mol. The molecule has 0 fully saturated rings. The van der Waals surface area contributed by atoms with Gasteiger partial charge in [-0.25, -0.2) is 4.79 Å². The highest BCUT2D eigenvalue weighted by atomic mass is 16.6. The van der Waals surface area contributed by atoms with E-state index in [1.54, 1.807) is 25.1 Å². The summed E-state index contributed by atoms with van der Waals surface area (Å²) < 4.78 is 4.95. The Morgan fingerprint density at radius 3 is 2.63 bits per heavy atom. The number of fused-ring (bicyclic) bond motifs is 1. The van der Waals surface area contributed by atoms with E-state index in [9.17, 15) is 19.7 Å². The average Bonchev–Trinajstić information content (AvgIpc) is 2.97. The smallest absolute Gasteiger partial charge is 0.345 e. The summed E-state index contributed by atoms with van der Waals surface area (Å²) in [6.07, 6.45) is 0. The second-order valence-electron chi connectivity index (χ2n) is 5.97. The van der Waals surface area contributed by atoms with Gasteiger partial charge in [-0.05, 0) is 26.0 Å². The van der Waals surface area contributed by atoms with E-state index in [0.717, 1.165) is 5.56 Å². The Labute approximate surface area is 154 Å². The van der Waals surface area contributed by atoms with Crippen LogP contribution < -0.4 is 5.73 Å². The molecule has 0 amide bonds. The molecule has 3 rings (SSSR count). The van der Waals surface area contributed by atoms with Gasteiger partial charge in [0.25, 0.3) is 5.69 Å². The van der Waals surface area contributed by atoms with Gasteiger partial charge < -0.3 is 15.5 Å². The van der Waals surface area contributed by atoms with Gasteiger partial charge in [-0.3, -0.25) is 14.9 Å². The fraction of sp³-hybridized carbons (Fsp3) is 0.158. The predicted octanol–water partition coefficient (Wildman–Crippen LogP) is 3.37. The fourth-order valence-electron chi connectivity index (χ4n) is 2.97. The number of aromatic nitrogens is 1. The Hall–Kier alpha value is -3.68. The number of aromatic amines is 1. The van der Waals surface area contributed by atoms with Crippen molar-refractivity contribution in [2.45, 2.75) is 13.8 Å². The second kappa shape index (κ2) is 6.91. The summed E-state index contributed by atoms with van der Waals surface area (Å²) in [5.74, 6) is -1.24. The summed E-state index contributed by atoms with van der Waals surface area (Å²) in [6.45, 7) is 3.50. The Bertz CT molecular complexity index is 1080. The molecule has 1 heterocycles. The van der Waals surface area contributed by atoms with Crippen molar-refractivity contribution in [1.29, 1.82) is 0 Å². The van der Waals surface area contributed by atoms with Crippen LogP contribution in [0.25, 0.3) is 10.9 Å². The van der Waals surface area contributed by atoms with E-state index in [1.165, 1.54) is 12.1 Å². The molecule has 138 valence electrons. The van der Waals surface area contributed by atoms with Crippen molar-refractivity contribution < 1.29 is 19.2 Å². The first-order chi connectivity index (χ1) is 12.8. The predicted molar refractivity (Wildman–Crippen MR) is 99.9 cm³/mol.